The molecule has 0 bridgehead atoms. The molecule has 0 saturated carbocycles. The Hall–Kier alpha value is -2.34. The van der Waals surface area contributed by atoms with Gasteiger partial charge in [0.25, 0.3) is 0 Å². The zero-order valence-corrected chi connectivity index (χ0v) is 10.4. The van der Waals surface area contributed by atoms with Gasteiger partial charge in [0.2, 0.25) is 0 Å². The largest absolute Gasteiger partial charge is 0.0629 e. The molecule has 0 fully saturated rings. The fraction of sp³-hybridized carbons (Fsp3) is 0.0526. The van der Waals surface area contributed by atoms with Crippen molar-refractivity contribution in [2.24, 2.45) is 0 Å². The Morgan fingerprint density at radius 1 is 0.632 bits per heavy atom. The summed E-state index contributed by atoms with van der Waals surface area (Å²) in [5, 5.41) is 0. The van der Waals surface area contributed by atoms with E-state index in [0.717, 1.165) is 12.0 Å². The van der Waals surface area contributed by atoms with E-state index in [-0.39, 0.29) is 35.8 Å². The van der Waals surface area contributed by atoms with Gasteiger partial charge in [-0.25, -0.2) is 0 Å². The van der Waals surface area contributed by atoms with Crippen molar-refractivity contribution in [3.8, 4) is 11.1 Å². The van der Waals surface area contributed by atoms with Gasteiger partial charge in [-0.1, -0.05) is 84.8 Å². The van der Waals surface area contributed by atoms with E-state index in [1.54, 1.807) is 0 Å². The second-order valence-corrected chi connectivity index (χ2v) is 4.36. The van der Waals surface area contributed by atoms with Crippen LogP contribution < -0.4 is 0 Å². The van der Waals surface area contributed by atoms with Crippen LogP contribution in [0.1, 0.15) is 18.0 Å². The quantitative estimate of drug-likeness (QED) is 0.616. The second kappa shape index (κ2) is 5.53. The van der Waals surface area contributed by atoms with Gasteiger partial charge in [-0.2, -0.15) is 0 Å². The Labute approximate surface area is 121 Å². The third-order valence-electron chi connectivity index (χ3n) is 2.99. The number of hydrogen-bond donors (Lipinski definition) is 0. The highest BCUT2D eigenvalue weighted by Crippen LogP contribution is 2.20. The lowest BCUT2D eigenvalue weighted by Gasteiger charge is -2.05. The van der Waals surface area contributed by atoms with Crippen LogP contribution in [-0.4, -0.2) is 0 Å². The van der Waals surface area contributed by atoms with Crippen molar-refractivity contribution >= 4 is 0 Å². The topological polar surface area (TPSA) is 0 Å². The zero-order chi connectivity index (χ0) is 17.3. The molecule has 0 unspecified atom stereocenters. The summed E-state index contributed by atoms with van der Waals surface area (Å²) in [5.41, 5.74) is 3.18. The smallest absolute Gasteiger partial charge is 0.0622 e. The summed E-state index contributed by atoms with van der Waals surface area (Å²) in [6.07, 6.45) is 0.793. The molecule has 0 aromatic heterocycles. The SMILES string of the molecule is [2H]c1c([2H])c([2H])c(-c2ccc(Cc3ccccc3)cc2)c([2H])c1[2H]. The van der Waals surface area contributed by atoms with E-state index in [4.69, 9.17) is 6.85 Å². The highest BCUT2D eigenvalue weighted by Gasteiger charge is 1.98. The maximum atomic E-state index is 8.03. The monoisotopic (exact) mass is 249 g/mol. The van der Waals surface area contributed by atoms with Crippen LogP contribution in [0.2, 0.25) is 0 Å². The lowest BCUT2D eigenvalue weighted by atomic mass is 10.0. The zero-order valence-electron chi connectivity index (χ0n) is 15.4. The molecule has 0 aliphatic carbocycles. The predicted octanol–water partition coefficient (Wildman–Crippen LogP) is 4.94. The summed E-state index contributed by atoms with van der Waals surface area (Å²) in [6, 6.07) is 16.3. The molecule has 0 spiro atoms. The molecule has 0 aliphatic heterocycles. The van der Waals surface area contributed by atoms with Gasteiger partial charge in [0.15, 0.2) is 0 Å². The molecule has 0 radical (unpaired) electrons. The van der Waals surface area contributed by atoms with Crippen LogP contribution in [0.15, 0.2) is 84.8 Å². The third-order valence-corrected chi connectivity index (χ3v) is 2.99. The first-order valence-corrected chi connectivity index (χ1v) is 6.19. The summed E-state index contributed by atoms with van der Waals surface area (Å²) in [6.45, 7) is 0. The molecule has 0 nitrogen and oxygen atoms in total. The Morgan fingerprint density at radius 3 is 1.95 bits per heavy atom. The van der Waals surface area contributed by atoms with Gasteiger partial charge < -0.3 is 0 Å². The highest BCUT2D eigenvalue weighted by molar-refractivity contribution is 5.63. The molecule has 0 heterocycles. The first kappa shape index (κ1) is 7.30. The minimum Gasteiger partial charge on any atom is -0.0622 e. The van der Waals surface area contributed by atoms with Crippen molar-refractivity contribution in [3.63, 3.8) is 0 Å². The predicted molar refractivity (Wildman–Crippen MR) is 81.1 cm³/mol. The Bertz CT molecular complexity index is 842. The fourth-order valence-corrected chi connectivity index (χ4v) is 2.02. The van der Waals surface area contributed by atoms with Crippen LogP contribution in [0.5, 0.6) is 0 Å². The molecule has 3 aromatic carbocycles. The van der Waals surface area contributed by atoms with Gasteiger partial charge in [0.1, 0.15) is 0 Å². The molecule has 0 N–H and O–H groups in total. The Kier molecular flexibility index (Phi) is 2.13. The van der Waals surface area contributed by atoms with E-state index < -0.39 is 0 Å². The van der Waals surface area contributed by atoms with Crippen LogP contribution in [0.4, 0.5) is 0 Å². The first-order valence-electron chi connectivity index (χ1n) is 8.69. The average Bonchev–Trinajstić information content (AvgIpc) is 2.61. The molecule has 0 heteroatoms. The molecule has 0 atom stereocenters. The van der Waals surface area contributed by atoms with Crippen molar-refractivity contribution in [2.45, 2.75) is 6.42 Å². The van der Waals surface area contributed by atoms with E-state index >= 15 is 0 Å². The van der Waals surface area contributed by atoms with Crippen molar-refractivity contribution in [1.29, 1.82) is 0 Å². The molecule has 0 amide bonds. The van der Waals surface area contributed by atoms with Crippen LogP contribution in [-0.2, 0) is 6.42 Å². The summed E-state index contributed by atoms with van der Waals surface area (Å²) >= 11 is 0. The maximum absolute atomic E-state index is 8.03. The molecule has 3 rings (SSSR count). The number of hydrogen-bond acceptors (Lipinski definition) is 0. The lowest BCUT2D eigenvalue weighted by molar-refractivity contribution is 1.19. The molecule has 0 aliphatic rings. The summed E-state index contributed by atoms with van der Waals surface area (Å²) in [5.74, 6) is 0. The lowest BCUT2D eigenvalue weighted by Crippen LogP contribution is -1.87. The first-order chi connectivity index (χ1) is 11.5. The van der Waals surface area contributed by atoms with Crippen LogP contribution in [0.25, 0.3) is 11.1 Å². The van der Waals surface area contributed by atoms with Crippen molar-refractivity contribution < 1.29 is 6.85 Å². The van der Waals surface area contributed by atoms with E-state index in [1.807, 2.05) is 42.5 Å². The van der Waals surface area contributed by atoms with Crippen molar-refractivity contribution in [1.82, 2.24) is 0 Å². The number of benzene rings is 3. The Balaban J connectivity index is 1.97. The average molecular weight is 249 g/mol. The highest BCUT2D eigenvalue weighted by atomic mass is 14.0. The van der Waals surface area contributed by atoms with E-state index in [2.05, 4.69) is 12.1 Å². The van der Waals surface area contributed by atoms with Crippen LogP contribution >= 0.6 is 0 Å². The number of rotatable bonds is 3. The minimum atomic E-state index is -0.366. The molecule has 3 aromatic rings. The summed E-state index contributed by atoms with van der Waals surface area (Å²) in [4.78, 5) is 0. The maximum Gasteiger partial charge on any atom is 0.0629 e. The minimum absolute atomic E-state index is 0.170. The van der Waals surface area contributed by atoms with Crippen molar-refractivity contribution in [2.75, 3.05) is 0 Å². The van der Waals surface area contributed by atoms with Gasteiger partial charge in [-0.3, -0.25) is 0 Å². The molecule has 92 valence electrons. The standard InChI is InChI=1S/C19H16/c1-3-7-16(8-4-1)15-17-11-13-19(14-12-17)18-9-5-2-6-10-18/h1-14H,15H2/i2D,5D,6D,9D,10D. The second-order valence-electron chi connectivity index (χ2n) is 4.36. The van der Waals surface area contributed by atoms with Gasteiger partial charge in [-0.15, -0.1) is 0 Å². The third kappa shape index (κ3) is 2.92. The van der Waals surface area contributed by atoms with Gasteiger partial charge in [-0.05, 0) is 28.7 Å². The summed E-state index contributed by atoms with van der Waals surface area (Å²) in [7, 11) is 0. The fourth-order valence-electron chi connectivity index (χ4n) is 2.02. The van der Waals surface area contributed by atoms with Crippen molar-refractivity contribution in [3.05, 3.63) is 95.9 Å². The van der Waals surface area contributed by atoms with Crippen LogP contribution in [0.3, 0.4) is 0 Å². The van der Waals surface area contributed by atoms with Gasteiger partial charge >= 0.3 is 0 Å². The van der Waals surface area contributed by atoms with Gasteiger partial charge in [0.05, 0.1) is 6.85 Å². The van der Waals surface area contributed by atoms with E-state index in [0.29, 0.717) is 5.56 Å². The van der Waals surface area contributed by atoms with Gasteiger partial charge in [0, 0.05) is 0 Å². The molecular weight excluding hydrogens is 228 g/mol. The summed E-state index contributed by atoms with van der Waals surface area (Å²) < 4.78 is 39.3. The van der Waals surface area contributed by atoms with E-state index in [1.165, 1.54) is 5.56 Å². The normalized spacial score (nSPS) is 14.0. The van der Waals surface area contributed by atoms with E-state index in [9.17, 15) is 0 Å². The molecular formula is C19H16. The molecule has 0 saturated heterocycles. The Morgan fingerprint density at radius 2 is 1.26 bits per heavy atom. The van der Waals surface area contributed by atoms with Crippen LogP contribution in [0, 0.1) is 0 Å². The molecule has 19 heavy (non-hydrogen) atoms.